The van der Waals surface area contributed by atoms with Gasteiger partial charge in [-0.2, -0.15) is 13.2 Å². The van der Waals surface area contributed by atoms with Gasteiger partial charge in [0.05, 0.1) is 11.6 Å². The smallest absolute Gasteiger partial charge is 0.354 e. The summed E-state index contributed by atoms with van der Waals surface area (Å²) in [7, 11) is 0. The van der Waals surface area contributed by atoms with Crippen LogP contribution in [0.5, 0.6) is 0 Å². The second kappa shape index (κ2) is 7.71. The van der Waals surface area contributed by atoms with Gasteiger partial charge in [0.25, 0.3) is 0 Å². The summed E-state index contributed by atoms with van der Waals surface area (Å²) >= 11 is 0. The molecule has 1 saturated heterocycles. The lowest BCUT2D eigenvalue weighted by atomic mass is 10.2. The van der Waals surface area contributed by atoms with Crippen LogP contribution in [0.25, 0.3) is 0 Å². The number of nitrogens with one attached hydrogen (secondary N) is 2. The Balaban J connectivity index is 1.48. The van der Waals surface area contributed by atoms with Gasteiger partial charge >= 0.3 is 12.2 Å². The van der Waals surface area contributed by atoms with Crippen molar-refractivity contribution in [1.29, 1.82) is 0 Å². The van der Waals surface area contributed by atoms with Crippen LogP contribution in [0, 0.1) is 0 Å². The van der Waals surface area contributed by atoms with Crippen LogP contribution in [0.15, 0.2) is 18.3 Å². The van der Waals surface area contributed by atoms with E-state index in [1.807, 2.05) is 9.80 Å². The molecule has 3 amide bonds. The fraction of sp³-hybridized carbons (Fsp3) is 0.588. The summed E-state index contributed by atoms with van der Waals surface area (Å²) in [5.74, 6) is 0.109. The number of carbonyl (C=O) groups excluding carboxylic acids is 2. The van der Waals surface area contributed by atoms with Crippen molar-refractivity contribution < 1.29 is 22.8 Å². The summed E-state index contributed by atoms with van der Waals surface area (Å²) in [6.45, 7) is 3.88. The van der Waals surface area contributed by atoms with Gasteiger partial charge in [-0.3, -0.25) is 15.0 Å². The Morgan fingerprint density at radius 3 is 2.37 bits per heavy atom. The van der Waals surface area contributed by atoms with E-state index in [2.05, 4.69) is 15.6 Å². The first kappa shape index (κ1) is 19.4. The summed E-state index contributed by atoms with van der Waals surface area (Å²) in [4.78, 5) is 31.6. The first-order valence-electron chi connectivity index (χ1n) is 8.87. The van der Waals surface area contributed by atoms with Crippen molar-refractivity contribution in [2.75, 3.05) is 31.1 Å². The number of halogens is 3. The van der Waals surface area contributed by atoms with Gasteiger partial charge in [-0.25, -0.2) is 9.78 Å². The van der Waals surface area contributed by atoms with Gasteiger partial charge in [-0.05, 0) is 31.9 Å². The number of urea groups is 1. The number of amides is 3. The second-order valence-corrected chi connectivity index (χ2v) is 6.84. The molecule has 2 fully saturated rings. The van der Waals surface area contributed by atoms with E-state index >= 15 is 0 Å². The second-order valence-electron chi connectivity index (χ2n) is 6.84. The Kier molecular flexibility index (Phi) is 5.54. The van der Waals surface area contributed by atoms with Crippen LogP contribution in [0.4, 0.5) is 23.8 Å². The van der Waals surface area contributed by atoms with Crippen LogP contribution in [-0.4, -0.2) is 60.1 Å². The topological polar surface area (TPSA) is 77.6 Å². The lowest BCUT2D eigenvalue weighted by molar-refractivity contribution is -0.137. The molecule has 1 saturated carbocycles. The van der Waals surface area contributed by atoms with Crippen LogP contribution in [0.3, 0.4) is 0 Å². The number of anilines is 1. The minimum absolute atomic E-state index is 0.174. The fourth-order valence-electron chi connectivity index (χ4n) is 2.91. The van der Waals surface area contributed by atoms with Gasteiger partial charge in [-0.1, -0.05) is 0 Å². The third-order valence-electron chi connectivity index (χ3n) is 4.79. The minimum atomic E-state index is -4.40. The molecule has 1 unspecified atom stereocenters. The molecular weight excluding hydrogens is 363 g/mol. The molecule has 0 aromatic carbocycles. The molecule has 148 valence electrons. The number of piperazine rings is 1. The monoisotopic (exact) mass is 385 g/mol. The number of hydrogen-bond donors (Lipinski definition) is 2. The number of carbonyl (C=O) groups is 2. The fourth-order valence-corrected chi connectivity index (χ4v) is 2.91. The number of aromatic nitrogens is 1. The molecule has 0 radical (unpaired) electrons. The zero-order valence-corrected chi connectivity index (χ0v) is 14.9. The number of nitrogens with zero attached hydrogens (tertiary/aromatic N) is 3. The van der Waals surface area contributed by atoms with E-state index < -0.39 is 23.8 Å². The van der Waals surface area contributed by atoms with Gasteiger partial charge in [0, 0.05) is 38.4 Å². The quantitative estimate of drug-likeness (QED) is 0.823. The Bertz CT molecular complexity index is 683. The molecule has 10 heteroatoms. The summed E-state index contributed by atoms with van der Waals surface area (Å²) in [5.41, 5.74) is -0.778. The Morgan fingerprint density at radius 2 is 1.85 bits per heavy atom. The molecule has 2 N–H and O–H groups in total. The number of alkyl halides is 3. The number of rotatable bonds is 4. The third kappa shape index (κ3) is 5.09. The summed E-state index contributed by atoms with van der Waals surface area (Å²) in [5, 5.41) is 5.05. The van der Waals surface area contributed by atoms with E-state index in [9.17, 15) is 22.8 Å². The maximum absolute atomic E-state index is 12.6. The molecule has 27 heavy (non-hydrogen) atoms. The predicted octanol–water partition coefficient (Wildman–Crippen LogP) is 1.60. The van der Waals surface area contributed by atoms with Crippen molar-refractivity contribution >= 4 is 17.8 Å². The lowest BCUT2D eigenvalue weighted by Gasteiger charge is -2.37. The number of hydrogen-bond acceptors (Lipinski definition) is 5. The molecule has 2 heterocycles. The molecule has 0 spiro atoms. The molecule has 1 aliphatic heterocycles. The van der Waals surface area contributed by atoms with Crippen molar-refractivity contribution in [3.63, 3.8) is 0 Å². The molecule has 1 aromatic heterocycles. The first-order valence-corrected chi connectivity index (χ1v) is 8.87. The van der Waals surface area contributed by atoms with Gasteiger partial charge in [0.15, 0.2) is 0 Å². The summed E-state index contributed by atoms with van der Waals surface area (Å²) in [6.07, 6.45) is -1.69. The molecule has 3 rings (SSSR count). The van der Waals surface area contributed by atoms with Crippen LogP contribution in [0.2, 0.25) is 0 Å². The molecular formula is C17H22F3N5O2. The van der Waals surface area contributed by atoms with Gasteiger partial charge in [0.1, 0.15) is 5.82 Å². The highest BCUT2D eigenvalue weighted by Crippen LogP contribution is 2.29. The average molecular weight is 385 g/mol. The van der Waals surface area contributed by atoms with E-state index in [-0.39, 0.29) is 11.9 Å². The third-order valence-corrected chi connectivity index (χ3v) is 4.79. The molecule has 1 aromatic rings. The van der Waals surface area contributed by atoms with E-state index in [0.717, 1.165) is 25.1 Å². The standard InChI is InChI=1S/C17H22F3N5O2/c1-11(15(26)23-16(27)22-13-3-4-13)24-6-8-25(9-7-24)14-5-2-12(10-21-14)17(18,19)20/h2,5,10-11,13H,3-4,6-9H2,1H3,(H2,22,23,26,27). The summed E-state index contributed by atoms with van der Waals surface area (Å²) < 4.78 is 37.8. The average Bonchev–Trinajstić information content (AvgIpc) is 3.44. The van der Waals surface area contributed by atoms with E-state index in [4.69, 9.17) is 0 Å². The van der Waals surface area contributed by atoms with Crippen LogP contribution in [-0.2, 0) is 11.0 Å². The summed E-state index contributed by atoms with van der Waals surface area (Å²) in [6, 6.07) is 1.60. The molecule has 2 aliphatic rings. The van der Waals surface area contributed by atoms with Crippen molar-refractivity contribution in [3.05, 3.63) is 23.9 Å². The molecule has 7 nitrogen and oxygen atoms in total. The van der Waals surface area contributed by atoms with Gasteiger partial charge in [-0.15, -0.1) is 0 Å². The number of imide groups is 1. The number of pyridine rings is 1. The van der Waals surface area contributed by atoms with Crippen LogP contribution in [0.1, 0.15) is 25.3 Å². The Labute approximate surface area is 154 Å². The minimum Gasteiger partial charge on any atom is -0.354 e. The predicted molar refractivity (Wildman–Crippen MR) is 92.2 cm³/mol. The van der Waals surface area contributed by atoms with Crippen LogP contribution >= 0.6 is 0 Å². The SMILES string of the molecule is CC(C(=O)NC(=O)NC1CC1)N1CCN(c2ccc(C(F)(F)F)cn2)CC1. The van der Waals surface area contributed by atoms with Crippen molar-refractivity contribution in [2.24, 2.45) is 0 Å². The van der Waals surface area contributed by atoms with E-state index in [0.29, 0.717) is 32.0 Å². The Hall–Kier alpha value is -2.36. The van der Waals surface area contributed by atoms with Crippen molar-refractivity contribution in [1.82, 2.24) is 20.5 Å². The van der Waals surface area contributed by atoms with Crippen LogP contribution < -0.4 is 15.5 Å². The molecule has 1 atom stereocenters. The van der Waals surface area contributed by atoms with Gasteiger partial charge in [0.2, 0.25) is 5.91 Å². The maximum Gasteiger partial charge on any atom is 0.417 e. The van der Waals surface area contributed by atoms with E-state index in [1.165, 1.54) is 6.07 Å². The zero-order chi connectivity index (χ0) is 19.6. The largest absolute Gasteiger partial charge is 0.417 e. The zero-order valence-electron chi connectivity index (χ0n) is 14.9. The maximum atomic E-state index is 12.6. The normalized spacial score (nSPS) is 19.5. The van der Waals surface area contributed by atoms with Crippen molar-refractivity contribution in [2.45, 2.75) is 38.0 Å². The highest BCUT2D eigenvalue weighted by molar-refractivity contribution is 5.97. The Morgan fingerprint density at radius 1 is 1.19 bits per heavy atom. The van der Waals surface area contributed by atoms with Crippen molar-refractivity contribution in [3.8, 4) is 0 Å². The molecule has 1 aliphatic carbocycles. The highest BCUT2D eigenvalue weighted by Gasteiger charge is 2.32. The lowest BCUT2D eigenvalue weighted by Crippen LogP contribution is -2.55. The molecule has 0 bridgehead atoms. The van der Waals surface area contributed by atoms with Gasteiger partial charge < -0.3 is 10.2 Å². The van der Waals surface area contributed by atoms with E-state index in [1.54, 1.807) is 6.92 Å². The first-order chi connectivity index (χ1) is 12.7. The highest BCUT2D eigenvalue weighted by atomic mass is 19.4.